The van der Waals surface area contributed by atoms with Gasteiger partial charge in [0, 0.05) is 29.5 Å². The molecular weight excluding hydrogens is 372 g/mol. The molecule has 0 saturated carbocycles. The number of carbonyl (C=O) groups excluding carboxylic acids is 1. The Morgan fingerprint density at radius 2 is 1.79 bits per heavy atom. The van der Waals surface area contributed by atoms with E-state index < -0.39 is 0 Å². The van der Waals surface area contributed by atoms with E-state index in [9.17, 15) is 4.79 Å². The lowest BCUT2D eigenvalue weighted by molar-refractivity contribution is 0.0954. The molecular formula is C22H24N2O3S. The number of nitrogens with zero attached hydrogens (tertiary/aromatic N) is 1. The standard InChI is InChI=1S/C22H24N2O3S/c1-3-14-27-20-10-4-16(5-11-20)21(25)23-13-12-18-15-28-22(24-18)17-6-8-19(26-2)9-7-17/h4-11,15H,3,12-14H2,1-2H3,(H,23,25). The Labute approximate surface area is 169 Å². The zero-order chi connectivity index (χ0) is 19.8. The summed E-state index contributed by atoms with van der Waals surface area (Å²) >= 11 is 1.60. The van der Waals surface area contributed by atoms with Crippen LogP contribution in [0, 0.1) is 0 Å². The highest BCUT2D eigenvalue weighted by molar-refractivity contribution is 7.13. The number of hydrogen-bond donors (Lipinski definition) is 1. The number of carbonyl (C=O) groups is 1. The average Bonchev–Trinajstić information content (AvgIpc) is 3.21. The molecule has 0 aliphatic rings. The number of ether oxygens (including phenoxy) is 2. The van der Waals surface area contributed by atoms with E-state index in [0.717, 1.165) is 34.2 Å². The Bertz CT molecular complexity index is 889. The van der Waals surface area contributed by atoms with Crippen molar-refractivity contribution in [1.82, 2.24) is 10.3 Å². The molecule has 1 N–H and O–H groups in total. The molecule has 0 fully saturated rings. The quantitative estimate of drug-likeness (QED) is 0.575. The van der Waals surface area contributed by atoms with E-state index >= 15 is 0 Å². The predicted octanol–water partition coefficient (Wildman–Crippen LogP) is 4.58. The summed E-state index contributed by atoms with van der Waals surface area (Å²) in [5, 5.41) is 5.94. The number of benzene rings is 2. The Morgan fingerprint density at radius 1 is 1.07 bits per heavy atom. The van der Waals surface area contributed by atoms with Crippen molar-refractivity contribution in [1.29, 1.82) is 0 Å². The van der Waals surface area contributed by atoms with E-state index in [0.29, 0.717) is 25.1 Å². The Kier molecular flexibility index (Phi) is 7.03. The first-order valence-corrected chi connectivity index (χ1v) is 10.2. The van der Waals surface area contributed by atoms with Gasteiger partial charge in [0.15, 0.2) is 0 Å². The Morgan fingerprint density at radius 3 is 2.46 bits per heavy atom. The lowest BCUT2D eigenvalue weighted by Crippen LogP contribution is -2.25. The Hall–Kier alpha value is -2.86. The summed E-state index contributed by atoms with van der Waals surface area (Å²) in [6.07, 6.45) is 1.65. The van der Waals surface area contributed by atoms with Crippen LogP contribution in [0.3, 0.4) is 0 Å². The van der Waals surface area contributed by atoms with E-state index in [1.165, 1.54) is 0 Å². The molecule has 0 aliphatic heterocycles. The fraction of sp³-hybridized carbons (Fsp3) is 0.273. The maximum atomic E-state index is 12.3. The molecule has 0 atom stereocenters. The van der Waals surface area contributed by atoms with Crippen molar-refractivity contribution in [3.05, 3.63) is 65.2 Å². The highest BCUT2D eigenvalue weighted by Gasteiger charge is 2.08. The molecule has 2 aromatic carbocycles. The molecule has 5 nitrogen and oxygen atoms in total. The van der Waals surface area contributed by atoms with Crippen molar-refractivity contribution in [2.45, 2.75) is 19.8 Å². The second kappa shape index (κ2) is 9.90. The van der Waals surface area contributed by atoms with Gasteiger partial charge >= 0.3 is 0 Å². The topological polar surface area (TPSA) is 60.5 Å². The van der Waals surface area contributed by atoms with Crippen molar-refractivity contribution in [3.8, 4) is 22.1 Å². The van der Waals surface area contributed by atoms with Crippen molar-refractivity contribution in [2.24, 2.45) is 0 Å². The molecule has 0 saturated heterocycles. The van der Waals surface area contributed by atoms with Crippen LogP contribution in [0.2, 0.25) is 0 Å². The third kappa shape index (κ3) is 5.33. The number of thiazole rings is 1. The van der Waals surface area contributed by atoms with E-state index in [2.05, 4.69) is 17.2 Å². The average molecular weight is 397 g/mol. The summed E-state index contributed by atoms with van der Waals surface area (Å²) in [5.74, 6) is 1.52. The van der Waals surface area contributed by atoms with Crippen molar-refractivity contribution in [2.75, 3.05) is 20.3 Å². The van der Waals surface area contributed by atoms with E-state index in [1.54, 1.807) is 30.6 Å². The van der Waals surface area contributed by atoms with E-state index in [4.69, 9.17) is 9.47 Å². The van der Waals surface area contributed by atoms with Gasteiger partial charge in [0.2, 0.25) is 0 Å². The summed E-state index contributed by atoms with van der Waals surface area (Å²) in [7, 11) is 1.65. The van der Waals surface area contributed by atoms with Crippen LogP contribution in [-0.4, -0.2) is 31.2 Å². The number of aromatic nitrogens is 1. The van der Waals surface area contributed by atoms with Crippen molar-refractivity contribution >= 4 is 17.2 Å². The summed E-state index contributed by atoms with van der Waals surface area (Å²) in [6, 6.07) is 15.1. The van der Waals surface area contributed by atoms with Gasteiger partial charge in [0.1, 0.15) is 16.5 Å². The normalized spacial score (nSPS) is 10.5. The zero-order valence-corrected chi connectivity index (χ0v) is 16.9. The molecule has 28 heavy (non-hydrogen) atoms. The summed E-state index contributed by atoms with van der Waals surface area (Å²) in [5.41, 5.74) is 2.66. The van der Waals surface area contributed by atoms with E-state index in [1.807, 2.05) is 41.8 Å². The molecule has 0 bridgehead atoms. The molecule has 146 valence electrons. The second-order valence-electron chi connectivity index (χ2n) is 6.25. The van der Waals surface area contributed by atoms with Crippen LogP contribution in [0.5, 0.6) is 11.5 Å². The first-order valence-electron chi connectivity index (χ1n) is 9.29. The van der Waals surface area contributed by atoms with Gasteiger partial charge in [-0.3, -0.25) is 4.79 Å². The minimum atomic E-state index is -0.0901. The fourth-order valence-electron chi connectivity index (χ4n) is 2.62. The van der Waals surface area contributed by atoms with Gasteiger partial charge in [-0.15, -0.1) is 11.3 Å². The highest BCUT2D eigenvalue weighted by Crippen LogP contribution is 2.25. The number of rotatable bonds is 9. The molecule has 0 spiro atoms. The Balaban J connectivity index is 1.49. The summed E-state index contributed by atoms with van der Waals surface area (Å²) in [6.45, 7) is 3.28. The van der Waals surface area contributed by atoms with Crippen LogP contribution >= 0.6 is 11.3 Å². The smallest absolute Gasteiger partial charge is 0.251 e. The van der Waals surface area contributed by atoms with Crippen LogP contribution in [-0.2, 0) is 6.42 Å². The van der Waals surface area contributed by atoms with Gasteiger partial charge in [0.25, 0.3) is 5.91 Å². The maximum Gasteiger partial charge on any atom is 0.251 e. The number of nitrogens with one attached hydrogen (secondary N) is 1. The number of methoxy groups -OCH3 is 1. The minimum absolute atomic E-state index is 0.0901. The largest absolute Gasteiger partial charge is 0.497 e. The third-order valence-electron chi connectivity index (χ3n) is 4.14. The predicted molar refractivity (Wildman–Crippen MR) is 112 cm³/mol. The molecule has 3 rings (SSSR count). The van der Waals surface area contributed by atoms with Gasteiger partial charge in [-0.1, -0.05) is 6.92 Å². The highest BCUT2D eigenvalue weighted by atomic mass is 32.1. The number of hydrogen-bond acceptors (Lipinski definition) is 5. The maximum absolute atomic E-state index is 12.3. The van der Waals surface area contributed by atoms with Gasteiger partial charge in [-0.05, 0) is 55.0 Å². The van der Waals surface area contributed by atoms with Gasteiger partial charge in [-0.25, -0.2) is 4.98 Å². The molecule has 0 unspecified atom stereocenters. The monoisotopic (exact) mass is 396 g/mol. The second-order valence-corrected chi connectivity index (χ2v) is 7.11. The van der Waals surface area contributed by atoms with Crippen LogP contribution in [0.25, 0.3) is 10.6 Å². The van der Waals surface area contributed by atoms with Gasteiger partial charge in [-0.2, -0.15) is 0 Å². The molecule has 0 radical (unpaired) electrons. The zero-order valence-electron chi connectivity index (χ0n) is 16.1. The van der Waals surface area contributed by atoms with Crippen LogP contribution < -0.4 is 14.8 Å². The van der Waals surface area contributed by atoms with Crippen molar-refractivity contribution in [3.63, 3.8) is 0 Å². The lowest BCUT2D eigenvalue weighted by Gasteiger charge is -2.07. The van der Waals surface area contributed by atoms with Crippen molar-refractivity contribution < 1.29 is 14.3 Å². The molecule has 0 aliphatic carbocycles. The molecule has 1 heterocycles. The summed E-state index contributed by atoms with van der Waals surface area (Å²) in [4.78, 5) is 16.9. The minimum Gasteiger partial charge on any atom is -0.497 e. The molecule has 6 heteroatoms. The number of amides is 1. The first kappa shape index (κ1) is 19.9. The molecule has 3 aromatic rings. The third-order valence-corrected chi connectivity index (χ3v) is 5.08. The first-order chi connectivity index (χ1) is 13.7. The van der Waals surface area contributed by atoms with Gasteiger partial charge < -0.3 is 14.8 Å². The SMILES string of the molecule is CCCOc1ccc(C(=O)NCCc2csc(-c3ccc(OC)cc3)n2)cc1. The van der Waals surface area contributed by atoms with E-state index in [-0.39, 0.29) is 5.91 Å². The van der Waals surface area contributed by atoms with Gasteiger partial charge in [0.05, 0.1) is 19.4 Å². The van der Waals surface area contributed by atoms with Crippen LogP contribution in [0.15, 0.2) is 53.9 Å². The molecule has 1 amide bonds. The van der Waals surface area contributed by atoms with Crippen LogP contribution in [0.4, 0.5) is 0 Å². The lowest BCUT2D eigenvalue weighted by atomic mass is 10.2. The summed E-state index contributed by atoms with van der Waals surface area (Å²) < 4.78 is 10.7. The fourth-order valence-corrected chi connectivity index (χ4v) is 3.48. The van der Waals surface area contributed by atoms with Crippen LogP contribution in [0.1, 0.15) is 29.4 Å². The molecule has 1 aromatic heterocycles.